The van der Waals surface area contributed by atoms with Gasteiger partial charge < -0.3 is 35.4 Å². The molecule has 1 aromatic carbocycles. The first-order chi connectivity index (χ1) is 13.6. The summed E-state index contributed by atoms with van der Waals surface area (Å²) in [5.74, 6) is 0.803. The highest BCUT2D eigenvalue weighted by molar-refractivity contribution is 5.67. The quantitative estimate of drug-likeness (QED) is 0.502. The molecule has 0 unspecified atom stereocenters. The van der Waals surface area contributed by atoms with E-state index >= 15 is 0 Å². The molecule has 0 radical (unpaired) electrons. The molecular weight excluding hydrogens is 360 g/mol. The zero-order valence-corrected chi connectivity index (χ0v) is 16.3. The number of aliphatic hydroxyl groups is 1. The number of nitrogens with one attached hydrogen (secondary N) is 3. The van der Waals surface area contributed by atoms with Crippen LogP contribution in [0.25, 0.3) is 0 Å². The second-order valence-corrected chi connectivity index (χ2v) is 8.25. The van der Waals surface area contributed by atoms with Crippen molar-refractivity contribution in [3.8, 4) is 5.75 Å². The molecule has 1 amide bonds. The van der Waals surface area contributed by atoms with Gasteiger partial charge in [-0.3, -0.25) is 0 Å². The maximum atomic E-state index is 12.2. The third kappa shape index (κ3) is 4.25. The SMILES string of the molecule is COc1ccc(C[C@H]2NC[C@H](O)[C@H]2OC(=O)NCCN2CC3(CNC3)C2)cc1. The molecule has 1 spiro atoms. The van der Waals surface area contributed by atoms with Crippen LogP contribution in [0, 0.1) is 5.41 Å². The summed E-state index contributed by atoms with van der Waals surface area (Å²) in [5.41, 5.74) is 1.59. The number of rotatable bonds is 7. The lowest BCUT2D eigenvalue weighted by molar-refractivity contribution is -0.0384. The molecule has 154 valence electrons. The van der Waals surface area contributed by atoms with E-state index < -0.39 is 18.3 Å². The maximum Gasteiger partial charge on any atom is 0.407 e. The summed E-state index contributed by atoms with van der Waals surface area (Å²) < 4.78 is 10.7. The lowest BCUT2D eigenvalue weighted by Gasteiger charge is -2.56. The van der Waals surface area contributed by atoms with Crippen molar-refractivity contribution in [1.82, 2.24) is 20.9 Å². The van der Waals surface area contributed by atoms with Crippen molar-refractivity contribution < 1.29 is 19.4 Å². The van der Waals surface area contributed by atoms with E-state index in [1.807, 2.05) is 24.3 Å². The number of aliphatic hydroxyl groups excluding tert-OH is 1. The number of β-amino-alcohol motifs (C(OH)–C–C–N with tert-alkyl or cyclic N) is 1. The summed E-state index contributed by atoms with van der Waals surface area (Å²) in [5, 5.41) is 19.6. The number of hydrogen-bond acceptors (Lipinski definition) is 7. The summed E-state index contributed by atoms with van der Waals surface area (Å²) in [6.07, 6.45) is -1.05. The normalized spacial score (nSPS) is 28.4. The first-order valence-electron chi connectivity index (χ1n) is 9.99. The monoisotopic (exact) mass is 390 g/mol. The molecule has 3 heterocycles. The molecule has 0 aromatic heterocycles. The van der Waals surface area contributed by atoms with E-state index in [4.69, 9.17) is 9.47 Å². The fraction of sp³-hybridized carbons (Fsp3) is 0.650. The summed E-state index contributed by atoms with van der Waals surface area (Å²) in [6.45, 7) is 6.24. The van der Waals surface area contributed by atoms with E-state index in [9.17, 15) is 9.90 Å². The standard InChI is InChI=1S/C20H30N4O4/c1-27-15-4-2-14(3-5-15)8-16-18(17(25)9-23-16)28-19(26)22-6-7-24-12-20(13-24)10-21-11-20/h2-5,16-18,21,23,25H,6-13H2,1H3,(H,22,26)/t16-,17+,18+/m1/s1. The minimum Gasteiger partial charge on any atom is -0.497 e. The van der Waals surface area contributed by atoms with Gasteiger partial charge in [-0.2, -0.15) is 0 Å². The predicted octanol–water partition coefficient (Wildman–Crippen LogP) is -0.430. The summed E-state index contributed by atoms with van der Waals surface area (Å²) in [4.78, 5) is 14.5. The largest absolute Gasteiger partial charge is 0.497 e. The van der Waals surface area contributed by atoms with Gasteiger partial charge in [0.2, 0.25) is 0 Å². The third-order valence-electron chi connectivity index (χ3n) is 6.04. The third-order valence-corrected chi connectivity index (χ3v) is 6.04. The van der Waals surface area contributed by atoms with Crippen LogP contribution in [0.1, 0.15) is 5.56 Å². The lowest BCUT2D eigenvalue weighted by Crippen LogP contribution is -2.71. The van der Waals surface area contributed by atoms with Crippen LogP contribution in [-0.4, -0.2) is 87.3 Å². The first kappa shape index (κ1) is 19.4. The van der Waals surface area contributed by atoms with E-state index in [-0.39, 0.29) is 6.04 Å². The van der Waals surface area contributed by atoms with Crippen molar-refractivity contribution >= 4 is 6.09 Å². The molecular formula is C20H30N4O4. The molecule has 28 heavy (non-hydrogen) atoms. The van der Waals surface area contributed by atoms with Gasteiger partial charge in [-0.15, -0.1) is 0 Å². The second kappa shape index (κ2) is 8.24. The van der Waals surface area contributed by atoms with Crippen molar-refractivity contribution in [2.24, 2.45) is 5.41 Å². The number of likely N-dealkylation sites (tertiary alicyclic amines) is 1. The van der Waals surface area contributed by atoms with Gasteiger partial charge in [0.25, 0.3) is 0 Å². The Hall–Kier alpha value is -1.87. The molecule has 3 aliphatic rings. The van der Waals surface area contributed by atoms with Crippen molar-refractivity contribution in [2.75, 3.05) is 52.9 Å². The van der Waals surface area contributed by atoms with Crippen LogP contribution in [0.2, 0.25) is 0 Å². The van der Waals surface area contributed by atoms with Crippen LogP contribution >= 0.6 is 0 Å². The highest BCUT2D eigenvalue weighted by Crippen LogP contribution is 2.33. The minimum atomic E-state index is -0.699. The van der Waals surface area contributed by atoms with Crippen molar-refractivity contribution in [3.05, 3.63) is 29.8 Å². The molecule has 8 nitrogen and oxygen atoms in total. The van der Waals surface area contributed by atoms with Crippen LogP contribution in [0.4, 0.5) is 4.79 Å². The van der Waals surface area contributed by atoms with Crippen LogP contribution < -0.4 is 20.7 Å². The molecule has 3 atom stereocenters. The first-order valence-corrected chi connectivity index (χ1v) is 9.99. The van der Waals surface area contributed by atoms with Crippen molar-refractivity contribution in [3.63, 3.8) is 0 Å². The zero-order valence-electron chi connectivity index (χ0n) is 16.3. The van der Waals surface area contributed by atoms with Gasteiger partial charge in [-0.25, -0.2) is 4.79 Å². The summed E-state index contributed by atoms with van der Waals surface area (Å²) >= 11 is 0. The smallest absolute Gasteiger partial charge is 0.407 e. The Morgan fingerprint density at radius 3 is 2.71 bits per heavy atom. The van der Waals surface area contributed by atoms with Crippen LogP contribution in [0.3, 0.4) is 0 Å². The number of alkyl carbamates (subject to hydrolysis) is 1. The van der Waals surface area contributed by atoms with Gasteiger partial charge in [-0.05, 0) is 24.1 Å². The maximum absolute atomic E-state index is 12.2. The number of benzene rings is 1. The molecule has 3 aliphatic heterocycles. The van der Waals surface area contributed by atoms with E-state index in [1.165, 1.54) is 0 Å². The van der Waals surface area contributed by atoms with Crippen LogP contribution in [-0.2, 0) is 11.2 Å². The Kier molecular flexibility index (Phi) is 5.73. The number of carbonyl (C=O) groups is 1. The second-order valence-electron chi connectivity index (χ2n) is 8.25. The average molecular weight is 390 g/mol. The molecule has 0 saturated carbocycles. The molecule has 8 heteroatoms. The number of carbonyl (C=O) groups excluding carboxylic acids is 1. The highest BCUT2D eigenvalue weighted by atomic mass is 16.6. The molecule has 1 aromatic rings. The molecule has 0 bridgehead atoms. The fourth-order valence-corrected chi connectivity index (χ4v) is 4.38. The van der Waals surface area contributed by atoms with E-state index in [1.54, 1.807) is 7.11 Å². The summed E-state index contributed by atoms with van der Waals surface area (Å²) in [6, 6.07) is 7.67. The predicted molar refractivity (Wildman–Crippen MR) is 105 cm³/mol. The molecule has 3 fully saturated rings. The van der Waals surface area contributed by atoms with Gasteiger partial charge >= 0.3 is 6.09 Å². The average Bonchev–Trinajstić information content (AvgIpc) is 2.96. The Bertz CT molecular complexity index is 671. The Morgan fingerprint density at radius 1 is 1.32 bits per heavy atom. The number of methoxy groups -OCH3 is 1. The van der Waals surface area contributed by atoms with E-state index in [0.717, 1.165) is 44.0 Å². The van der Waals surface area contributed by atoms with Crippen LogP contribution in [0.15, 0.2) is 24.3 Å². The Morgan fingerprint density at radius 2 is 2.07 bits per heavy atom. The van der Waals surface area contributed by atoms with E-state index in [2.05, 4.69) is 20.9 Å². The lowest BCUT2D eigenvalue weighted by atomic mass is 9.74. The highest BCUT2D eigenvalue weighted by Gasteiger charge is 2.47. The number of hydrogen-bond donors (Lipinski definition) is 4. The number of amides is 1. The topological polar surface area (TPSA) is 95.1 Å². The van der Waals surface area contributed by atoms with Gasteiger partial charge in [0.15, 0.2) is 0 Å². The van der Waals surface area contributed by atoms with Gasteiger partial charge in [-0.1, -0.05) is 12.1 Å². The number of ether oxygens (including phenoxy) is 2. The molecule has 0 aliphatic carbocycles. The van der Waals surface area contributed by atoms with Crippen LogP contribution in [0.5, 0.6) is 5.75 Å². The molecule has 4 N–H and O–H groups in total. The van der Waals surface area contributed by atoms with Crippen molar-refractivity contribution in [1.29, 1.82) is 0 Å². The van der Waals surface area contributed by atoms with Gasteiger partial charge in [0.05, 0.1) is 13.2 Å². The summed E-state index contributed by atoms with van der Waals surface area (Å²) in [7, 11) is 1.64. The van der Waals surface area contributed by atoms with E-state index in [0.29, 0.717) is 24.9 Å². The minimum absolute atomic E-state index is 0.115. The fourth-order valence-electron chi connectivity index (χ4n) is 4.38. The van der Waals surface area contributed by atoms with Gasteiger partial charge in [0, 0.05) is 51.2 Å². The Labute approximate surface area is 165 Å². The Balaban J connectivity index is 1.20. The van der Waals surface area contributed by atoms with Crippen molar-refractivity contribution in [2.45, 2.75) is 24.7 Å². The molecule has 3 saturated heterocycles. The zero-order chi connectivity index (χ0) is 19.6. The molecule has 4 rings (SSSR count). The van der Waals surface area contributed by atoms with Gasteiger partial charge in [0.1, 0.15) is 18.0 Å². The number of nitrogens with zero attached hydrogens (tertiary/aromatic N) is 1.